The van der Waals surface area contributed by atoms with Crippen LogP contribution in [-0.4, -0.2) is 31.6 Å². The summed E-state index contributed by atoms with van der Waals surface area (Å²) in [6, 6.07) is 8.65. The number of nitrogens with zero attached hydrogens (tertiary/aromatic N) is 1. The molecular weight excluding hydrogens is 256 g/mol. The summed E-state index contributed by atoms with van der Waals surface area (Å²) in [4.78, 5) is 2.34. The zero-order valence-electron chi connectivity index (χ0n) is 12.6. The van der Waals surface area contributed by atoms with Crippen LogP contribution in [0.25, 0.3) is 0 Å². The molecule has 0 fully saturated rings. The number of halogens is 1. The van der Waals surface area contributed by atoms with Crippen molar-refractivity contribution in [3.63, 3.8) is 0 Å². The van der Waals surface area contributed by atoms with Gasteiger partial charge in [0.15, 0.2) is 0 Å². The first-order chi connectivity index (χ1) is 9.08. The maximum Gasteiger partial charge on any atom is 0.0409 e. The molecule has 0 aliphatic carbocycles. The van der Waals surface area contributed by atoms with E-state index in [0.29, 0.717) is 6.04 Å². The molecule has 0 aliphatic heterocycles. The molecule has 0 aliphatic rings. The second-order valence-electron chi connectivity index (χ2n) is 5.37. The van der Waals surface area contributed by atoms with Gasteiger partial charge in [0.1, 0.15) is 0 Å². The minimum Gasteiger partial charge on any atom is -0.311 e. The summed E-state index contributed by atoms with van der Waals surface area (Å²) in [5.74, 6) is 0.752. The molecule has 1 atom stereocenters. The first-order valence-corrected chi connectivity index (χ1v) is 7.57. The summed E-state index contributed by atoms with van der Waals surface area (Å²) in [7, 11) is 4.34. The van der Waals surface area contributed by atoms with E-state index >= 15 is 0 Å². The van der Waals surface area contributed by atoms with E-state index in [9.17, 15) is 0 Å². The van der Waals surface area contributed by atoms with E-state index in [1.165, 1.54) is 18.4 Å². The second-order valence-corrected chi connectivity index (χ2v) is 5.80. The zero-order chi connectivity index (χ0) is 14.3. The van der Waals surface area contributed by atoms with Crippen LogP contribution in [0.4, 0.5) is 0 Å². The summed E-state index contributed by atoms with van der Waals surface area (Å²) >= 11 is 6.00. The molecule has 1 unspecified atom stereocenters. The van der Waals surface area contributed by atoms with Crippen molar-refractivity contribution in [3.05, 3.63) is 34.9 Å². The number of benzene rings is 1. The van der Waals surface area contributed by atoms with Gasteiger partial charge in [-0.2, -0.15) is 0 Å². The number of likely N-dealkylation sites (N-methyl/N-ethyl adjacent to an activating group) is 1. The fraction of sp³-hybridized carbons (Fsp3) is 0.625. The third kappa shape index (κ3) is 5.52. The lowest BCUT2D eigenvalue weighted by Crippen LogP contribution is -2.42. The standard InChI is InChI=1S/C16H27ClN2/c1-5-14(6-2)16(19(3)4)12-18-11-13-8-7-9-15(17)10-13/h7-10,14,16,18H,5-6,11-12H2,1-4H3. The highest BCUT2D eigenvalue weighted by atomic mass is 35.5. The van der Waals surface area contributed by atoms with Crippen molar-refractivity contribution in [1.29, 1.82) is 0 Å². The molecule has 0 heterocycles. The first-order valence-electron chi connectivity index (χ1n) is 7.20. The highest BCUT2D eigenvalue weighted by Gasteiger charge is 2.19. The largest absolute Gasteiger partial charge is 0.311 e. The van der Waals surface area contributed by atoms with Crippen LogP contribution in [0.15, 0.2) is 24.3 Å². The van der Waals surface area contributed by atoms with Gasteiger partial charge < -0.3 is 10.2 Å². The van der Waals surface area contributed by atoms with Gasteiger partial charge in [-0.1, -0.05) is 50.4 Å². The molecule has 0 saturated carbocycles. The SMILES string of the molecule is CCC(CC)C(CNCc1cccc(Cl)c1)N(C)C. The Labute approximate surface area is 123 Å². The molecule has 1 aromatic rings. The minimum absolute atomic E-state index is 0.592. The maximum absolute atomic E-state index is 6.00. The van der Waals surface area contributed by atoms with Gasteiger partial charge in [-0.15, -0.1) is 0 Å². The van der Waals surface area contributed by atoms with Crippen LogP contribution < -0.4 is 5.32 Å². The Morgan fingerprint density at radius 2 is 1.89 bits per heavy atom. The lowest BCUT2D eigenvalue weighted by Gasteiger charge is -2.31. The molecule has 1 N–H and O–H groups in total. The van der Waals surface area contributed by atoms with E-state index in [-0.39, 0.29) is 0 Å². The van der Waals surface area contributed by atoms with E-state index in [2.05, 4.69) is 44.2 Å². The van der Waals surface area contributed by atoms with E-state index in [4.69, 9.17) is 11.6 Å². The molecular formula is C16H27ClN2. The van der Waals surface area contributed by atoms with Crippen molar-refractivity contribution < 1.29 is 0 Å². The van der Waals surface area contributed by atoms with Crippen LogP contribution in [0, 0.1) is 5.92 Å². The number of rotatable bonds is 8. The first kappa shape index (κ1) is 16.5. The second kappa shape index (κ2) is 8.57. The molecule has 19 heavy (non-hydrogen) atoms. The van der Waals surface area contributed by atoms with Crippen molar-refractivity contribution in [1.82, 2.24) is 10.2 Å². The summed E-state index contributed by atoms with van der Waals surface area (Å²) in [5, 5.41) is 4.37. The van der Waals surface area contributed by atoms with Gasteiger partial charge in [0, 0.05) is 24.2 Å². The lowest BCUT2D eigenvalue weighted by molar-refractivity contribution is 0.194. The Bertz CT molecular complexity index is 362. The Balaban J connectivity index is 2.48. The van der Waals surface area contributed by atoms with Crippen LogP contribution in [0.2, 0.25) is 5.02 Å². The topological polar surface area (TPSA) is 15.3 Å². The third-order valence-electron chi connectivity index (χ3n) is 3.83. The highest BCUT2D eigenvalue weighted by molar-refractivity contribution is 6.30. The molecule has 1 rings (SSSR count). The Morgan fingerprint density at radius 3 is 2.42 bits per heavy atom. The van der Waals surface area contributed by atoms with E-state index in [1.54, 1.807) is 0 Å². The predicted octanol–water partition coefficient (Wildman–Crippen LogP) is 3.80. The van der Waals surface area contributed by atoms with E-state index < -0.39 is 0 Å². The van der Waals surface area contributed by atoms with Gasteiger partial charge in [-0.05, 0) is 37.7 Å². The molecule has 0 aromatic heterocycles. The Hall–Kier alpha value is -0.570. The van der Waals surface area contributed by atoms with Crippen molar-refractivity contribution in [2.75, 3.05) is 20.6 Å². The molecule has 0 radical (unpaired) electrons. The maximum atomic E-state index is 6.00. The van der Waals surface area contributed by atoms with E-state index in [1.807, 2.05) is 18.2 Å². The Kier molecular flexibility index (Phi) is 7.44. The minimum atomic E-state index is 0.592. The van der Waals surface area contributed by atoms with Gasteiger partial charge in [0.05, 0.1) is 0 Å². The Morgan fingerprint density at radius 1 is 1.21 bits per heavy atom. The normalized spacial score (nSPS) is 13.2. The quantitative estimate of drug-likeness (QED) is 0.780. The fourth-order valence-electron chi connectivity index (χ4n) is 2.62. The van der Waals surface area contributed by atoms with Crippen LogP contribution in [0.3, 0.4) is 0 Å². The summed E-state index contributed by atoms with van der Waals surface area (Å²) in [6.07, 6.45) is 2.47. The van der Waals surface area contributed by atoms with E-state index in [0.717, 1.165) is 24.0 Å². The number of nitrogens with one attached hydrogen (secondary N) is 1. The molecule has 1 aromatic carbocycles. The monoisotopic (exact) mass is 282 g/mol. The van der Waals surface area contributed by atoms with Crippen molar-refractivity contribution in [2.45, 2.75) is 39.3 Å². The molecule has 0 saturated heterocycles. The molecule has 0 spiro atoms. The van der Waals surface area contributed by atoms with Gasteiger partial charge in [-0.25, -0.2) is 0 Å². The predicted molar refractivity (Wildman–Crippen MR) is 84.7 cm³/mol. The van der Waals surface area contributed by atoms with Crippen LogP contribution in [-0.2, 0) is 6.54 Å². The van der Waals surface area contributed by atoms with Crippen molar-refractivity contribution in [2.24, 2.45) is 5.92 Å². The van der Waals surface area contributed by atoms with Gasteiger partial charge in [0.2, 0.25) is 0 Å². The molecule has 0 amide bonds. The van der Waals surface area contributed by atoms with Gasteiger partial charge in [0.25, 0.3) is 0 Å². The molecule has 2 nitrogen and oxygen atoms in total. The third-order valence-corrected chi connectivity index (χ3v) is 4.06. The van der Waals surface area contributed by atoms with Gasteiger partial charge in [-0.3, -0.25) is 0 Å². The number of hydrogen-bond acceptors (Lipinski definition) is 2. The summed E-state index contributed by atoms with van der Waals surface area (Å²) < 4.78 is 0. The number of hydrogen-bond donors (Lipinski definition) is 1. The summed E-state index contributed by atoms with van der Waals surface area (Å²) in [6.45, 7) is 6.46. The van der Waals surface area contributed by atoms with Crippen molar-refractivity contribution >= 4 is 11.6 Å². The van der Waals surface area contributed by atoms with Crippen LogP contribution in [0.5, 0.6) is 0 Å². The molecule has 3 heteroatoms. The smallest absolute Gasteiger partial charge is 0.0409 e. The lowest BCUT2D eigenvalue weighted by atomic mass is 9.93. The van der Waals surface area contributed by atoms with Crippen molar-refractivity contribution in [3.8, 4) is 0 Å². The molecule has 0 bridgehead atoms. The average molecular weight is 283 g/mol. The van der Waals surface area contributed by atoms with Crippen LogP contribution >= 0.6 is 11.6 Å². The zero-order valence-corrected chi connectivity index (χ0v) is 13.4. The van der Waals surface area contributed by atoms with Crippen LogP contribution in [0.1, 0.15) is 32.3 Å². The van der Waals surface area contributed by atoms with Gasteiger partial charge >= 0.3 is 0 Å². The summed E-state index contributed by atoms with van der Waals surface area (Å²) in [5.41, 5.74) is 1.24. The fourth-order valence-corrected chi connectivity index (χ4v) is 2.83. The average Bonchev–Trinajstić information content (AvgIpc) is 2.38. The highest BCUT2D eigenvalue weighted by Crippen LogP contribution is 2.16. The molecule has 108 valence electrons.